The van der Waals surface area contributed by atoms with Gasteiger partial charge >= 0.3 is 0 Å². The van der Waals surface area contributed by atoms with Crippen LogP contribution in [0, 0.1) is 23.2 Å². The van der Waals surface area contributed by atoms with E-state index in [4.69, 9.17) is 9.47 Å². The topological polar surface area (TPSA) is 18.5 Å². The van der Waals surface area contributed by atoms with Gasteiger partial charge in [0.2, 0.25) is 0 Å². The molecule has 0 radical (unpaired) electrons. The van der Waals surface area contributed by atoms with Gasteiger partial charge in [0.05, 0.1) is 18.8 Å². The molecule has 1 spiro atoms. The van der Waals surface area contributed by atoms with Crippen molar-refractivity contribution in [1.82, 2.24) is 0 Å². The zero-order chi connectivity index (χ0) is 8.68. The van der Waals surface area contributed by atoms with Crippen LogP contribution in [0.15, 0.2) is 12.2 Å². The summed E-state index contributed by atoms with van der Waals surface area (Å²) in [6, 6.07) is 0. The molecule has 13 heavy (non-hydrogen) atoms. The van der Waals surface area contributed by atoms with E-state index in [1.54, 1.807) is 0 Å². The second kappa shape index (κ2) is 1.73. The van der Waals surface area contributed by atoms with Crippen molar-refractivity contribution in [2.24, 2.45) is 23.2 Å². The summed E-state index contributed by atoms with van der Waals surface area (Å²) in [6.07, 6.45) is 6.04. The summed E-state index contributed by atoms with van der Waals surface area (Å²) in [4.78, 5) is 0. The van der Waals surface area contributed by atoms with Crippen LogP contribution < -0.4 is 0 Å². The average molecular weight is 178 g/mol. The molecule has 2 heteroatoms. The zero-order valence-corrected chi connectivity index (χ0v) is 7.82. The zero-order valence-electron chi connectivity index (χ0n) is 7.82. The van der Waals surface area contributed by atoms with Crippen molar-refractivity contribution in [2.75, 3.05) is 20.3 Å². The summed E-state index contributed by atoms with van der Waals surface area (Å²) in [6.45, 7) is 1.91. The van der Waals surface area contributed by atoms with Gasteiger partial charge in [0.1, 0.15) is 0 Å². The monoisotopic (exact) mass is 178 g/mol. The largest absolute Gasteiger partial charge is 0.380 e. The molecule has 4 aliphatic rings. The summed E-state index contributed by atoms with van der Waals surface area (Å²) in [5.74, 6) is 2.14. The van der Waals surface area contributed by atoms with E-state index in [9.17, 15) is 0 Å². The highest BCUT2D eigenvalue weighted by molar-refractivity contribution is 5.44. The maximum Gasteiger partial charge on any atom is 0.0898 e. The van der Waals surface area contributed by atoms with E-state index >= 15 is 0 Å². The average Bonchev–Trinajstić information content (AvgIpc) is 2.48. The normalized spacial score (nSPS) is 65.5. The van der Waals surface area contributed by atoms with Crippen molar-refractivity contribution in [2.45, 2.75) is 12.0 Å². The Morgan fingerprint density at radius 1 is 1.46 bits per heavy atom. The number of ether oxygens (including phenoxy) is 2. The van der Waals surface area contributed by atoms with Gasteiger partial charge in [0.15, 0.2) is 0 Å². The highest BCUT2D eigenvalue weighted by atomic mass is 16.5. The Morgan fingerprint density at radius 2 is 2.38 bits per heavy atom. The van der Waals surface area contributed by atoms with Crippen molar-refractivity contribution in [1.29, 1.82) is 0 Å². The lowest BCUT2D eigenvalue weighted by atomic mass is 9.91. The van der Waals surface area contributed by atoms with Crippen LogP contribution >= 0.6 is 0 Å². The molecule has 1 heterocycles. The number of methoxy groups -OCH3 is 1. The van der Waals surface area contributed by atoms with E-state index in [0.717, 1.165) is 19.1 Å². The van der Waals surface area contributed by atoms with Crippen LogP contribution in [0.4, 0.5) is 0 Å². The van der Waals surface area contributed by atoms with E-state index in [-0.39, 0.29) is 5.60 Å². The Bertz CT molecular complexity index is 311. The SMILES string of the molecule is COC12C3C=CC1C21COCC1C3. The van der Waals surface area contributed by atoms with Gasteiger partial charge in [-0.1, -0.05) is 12.2 Å². The number of hydrogen-bond acceptors (Lipinski definition) is 2. The first kappa shape index (κ1) is 7.02. The molecule has 2 saturated carbocycles. The van der Waals surface area contributed by atoms with Crippen LogP contribution in [0.1, 0.15) is 6.42 Å². The molecule has 5 unspecified atom stereocenters. The lowest BCUT2D eigenvalue weighted by Gasteiger charge is -2.18. The van der Waals surface area contributed by atoms with Crippen LogP contribution in [0.25, 0.3) is 0 Å². The minimum Gasteiger partial charge on any atom is -0.380 e. The van der Waals surface area contributed by atoms with Gasteiger partial charge in [-0.05, 0) is 12.3 Å². The van der Waals surface area contributed by atoms with Gasteiger partial charge in [-0.2, -0.15) is 0 Å². The minimum absolute atomic E-state index is 0.175. The van der Waals surface area contributed by atoms with Crippen LogP contribution in [0.5, 0.6) is 0 Å². The Kier molecular flexibility index (Phi) is 0.935. The molecule has 0 aromatic carbocycles. The van der Waals surface area contributed by atoms with Crippen molar-refractivity contribution in [3.8, 4) is 0 Å². The first-order valence-electron chi connectivity index (χ1n) is 5.17. The van der Waals surface area contributed by atoms with E-state index in [2.05, 4.69) is 12.2 Å². The molecule has 0 N–H and O–H groups in total. The molecule has 1 aliphatic heterocycles. The van der Waals surface area contributed by atoms with E-state index in [0.29, 0.717) is 17.3 Å². The van der Waals surface area contributed by atoms with Crippen LogP contribution in [0.3, 0.4) is 0 Å². The smallest absolute Gasteiger partial charge is 0.0898 e. The quantitative estimate of drug-likeness (QED) is 0.562. The number of rotatable bonds is 1. The highest BCUT2D eigenvalue weighted by Gasteiger charge is 2.87. The minimum atomic E-state index is 0.175. The fourth-order valence-corrected chi connectivity index (χ4v) is 4.58. The highest BCUT2D eigenvalue weighted by Crippen LogP contribution is 2.82. The standard InChI is InChI=1S/C11H14O2/c1-12-11-7-2-3-9(11)10(11)6-13-5-8(10)4-7/h2-3,7-9H,4-6H2,1H3. The van der Waals surface area contributed by atoms with Gasteiger partial charge in [-0.15, -0.1) is 0 Å². The Balaban J connectivity index is 1.90. The summed E-state index contributed by atoms with van der Waals surface area (Å²) in [7, 11) is 1.88. The maximum absolute atomic E-state index is 5.82. The second-order valence-corrected chi connectivity index (χ2v) is 4.95. The van der Waals surface area contributed by atoms with Gasteiger partial charge in [0, 0.05) is 24.4 Å². The van der Waals surface area contributed by atoms with E-state index < -0.39 is 0 Å². The molecule has 3 fully saturated rings. The third kappa shape index (κ3) is 0.441. The van der Waals surface area contributed by atoms with Gasteiger partial charge < -0.3 is 9.47 Å². The van der Waals surface area contributed by atoms with Crippen LogP contribution in [-0.2, 0) is 9.47 Å². The maximum atomic E-state index is 5.82. The van der Waals surface area contributed by atoms with Gasteiger partial charge in [-0.25, -0.2) is 0 Å². The Hall–Kier alpha value is -0.340. The van der Waals surface area contributed by atoms with E-state index in [1.165, 1.54) is 6.42 Å². The molecule has 4 rings (SSSR count). The molecule has 0 aromatic heterocycles. The van der Waals surface area contributed by atoms with Crippen molar-refractivity contribution >= 4 is 0 Å². The predicted octanol–water partition coefficient (Wildman–Crippen LogP) is 1.22. The molecule has 2 nitrogen and oxygen atoms in total. The van der Waals surface area contributed by atoms with Crippen molar-refractivity contribution in [3.63, 3.8) is 0 Å². The molecule has 0 bridgehead atoms. The first-order chi connectivity index (χ1) is 6.36. The van der Waals surface area contributed by atoms with E-state index in [1.807, 2.05) is 7.11 Å². The molecule has 0 aromatic rings. The second-order valence-electron chi connectivity index (χ2n) is 4.95. The lowest BCUT2D eigenvalue weighted by molar-refractivity contribution is 0.0213. The summed E-state index contributed by atoms with van der Waals surface area (Å²) >= 11 is 0. The Labute approximate surface area is 77.9 Å². The Morgan fingerprint density at radius 3 is 3.15 bits per heavy atom. The molecular formula is C11H14O2. The lowest BCUT2D eigenvalue weighted by Crippen LogP contribution is -2.25. The summed E-state index contributed by atoms with van der Waals surface area (Å²) in [5.41, 5.74) is 0.579. The van der Waals surface area contributed by atoms with Crippen LogP contribution in [0.2, 0.25) is 0 Å². The molecule has 70 valence electrons. The van der Waals surface area contributed by atoms with Crippen LogP contribution in [-0.4, -0.2) is 25.9 Å². The number of hydrogen-bond donors (Lipinski definition) is 0. The molecule has 0 amide bonds. The third-order valence-electron chi connectivity index (χ3n) is 5.01. The fraction of sp³-hybridized carbons (Fsp3) is 0.818. The third-order valence-corrected chi connectivity index (χ3v) is 5.01. The van der Waals surface area contributed by atoms with Gasteiger partial charge in [-0.3, -0.25) is 0 Å². The van der Waals surface area contributed by atoms with Crippen molar-refractivity contribution in [3.05, 3.63) is 12.2 Å². The van der Waals surface area contributed by atoms with Crippen molar-refractivity contribution < 1.29 is 9.47 Å². The molecule has 1 saturated heterocycles. The van der Waals surface area contributed by atoms with Gasteiger partial charge in [0.25, 0.3) is 0 Å². The predicted molar refractivity (Wildman–Crippen MR) is 47.2 cm³/mol. The molecule has 3 aliphatic carbocycles. The first-order valence-corrected chi connectivity index (χ1v) is 5.17. The summed E-state index contributed by atoms with van der Waals surface area (Å²) in [5, 5.41) is 0. The fourth-order valence-electron chi connectivity index (χ4n) is 4.58. The molecule has 5 atom stereocenters. The molecular weight excluding hydrogens is 164 g/mol. The summed E-state index contributed by atoms with van der Waals surface area (Å²) < 4.78 is 11.4.